The summed E-state index contributed by atoms with van der Waals surface area (Å²) < 4.78 is 2.10. The Bertz CT molecular complexity index is 364. The minimum atomic E-state index is 0.0317. The highest BCUT2D eigenvalue weighted by molar-refractivity contribution is 14.1. The minimum absolute atomic E-state index is 0.0317. The number of carbonyl (C=O) groups is 1. The van der Waals surface area contributed by atoms with Crippen molar-refractivity contribution in [3.8, 4) is 0 Å². The second-order valence-electron chi connectivity index (χ2n) is 2.60. The molecule has 1 aliphatic heterocycles. The zero-order valence-electron chi connectivity index (χ0n) is 6.03. The fourth-order valence-electron chi connectivity index (χ4n) is 1.25. The lowest BCUT2D eigenvalue weighted by Crippen LogP contribution is -2.12. The predicted octanol–water partition coefficient (Wildman–Crippen LogP) is 2.30. The van der Waals surface area contributed by atoms with Crippen LogP contribution in [-0.2, 0) is 6.54 Å². The van der Waals surface area contributed by atoms with Crippen molar-refractivity contribution in [2.24, 2.45) is 0 Å². The van der Waals surface area contributed by atoms with E-state index in [0.29, 0.717) is 6.54 Å². The summed E-state index contributed by atoms with van der Waals surface area (Å²) in [6.07, 6.45) is 0. The van der Waals surface area contributed by atoms with E-state index in [2.05, 4.69) is 43.8 Å². The molecule has 12 heavy (non-hydrogen) atoms. The van der Waals surface area contributed by atoms with Crippen molar-refractivity contribution in [1.82, 2.24) is 5.32 Å². The van der Waals surface area contributed by atoms with Crippen molar-refractivity contribution in [3.63, 3.8) is 0 Å². The van der Waals surface area contributed by atoms with Gasteiger partial charge in [-0.25, -0.2) is 0 Å². The van der Waals surface area contributed by atoms with E-state index in [1.165, 1.54) is 0 Å². The Kier molecular flexibility index (Phi) is 2.12. The zero-order chi connectivity index (χ0) is 8.72. The summed E-state index contributed by atoms with van der Waals surface area (Å²) in [6, 6.07) is 3.92. The number of halogens is 2. The first-order valence-corrected chi connectivity index (χ1v) is 5.32. The van der Waals surface area contributed by atoms with Gasteiger partial charge in [0.15, 0.2) is 0 Å². The number of rotatable bonds is 0. The van der Waals surface area contributed by atoms with Gasteiger partial charge in [-0.1, -0.05) is 15.9 Å². The molecule has 1 aromatic carbocycles. The van der Waals surface area contributed by atoms with E-state index >= 15 is 0 Å². The molecule has 1 aromatic rings. The normalized spacial score (nSPS) is 14.3. The van der Waals surface area contributed by atoms with E-state index < -0.39 is 0 Å². The van der Waals surface area contributed by atoms with Gasteiger partial charge in [0.1, 0.15) is 0 Å². The van der Waals surface area contributed by atoms with E-state index in [9.17, 15) is 4.79 Å². The molecule has 1 aliphatic rings. The molecule has 0 radical (unpaired) electrons. The number of amides is 1. The maximum atomic E-state index is 11.2. The first kappa shape index (κ1) is 8.50. The van der Waals surface area contributed by atoms with Crippen molar-refractivity contribution in [1.29, 1.82) is 0 Å². The summed E-state index contributed by atoms with van der Waals surface area (Å²) >= 11 is 5.63. The monoisotopic (exact) mass is 337 g/mol. The van der Waals surface area contributed by atoms with Gasteiger partial charge in [0.25, 0.3) is 5.91 Å². The third kappa shape index (κ3) is 1.26. The summed E-state index contributed by atoms with van der Waals surface area (Å²) in [6.45, 7) is 0.645. The quantitative estimate of drug-likeness (QED) is 0.723. The molecule has 0 atom stereocenters. The highest BCUT2D eigenvalue weighted by atomic mass is 127. The van der Waals surface area contributed by atoms with Crippen LogP contribution in [0.1, 0.15) is 15.9 Å². The molecule has 4 heteroatoms. The van der Waals surface area contributed by atoms with Gasteiger partial charge in [-0.05, 0) is 40.3 Å². The molecule has 0 saturated carbocycles. The lowest BCUT2D eigenvalue weighted by molar-refractivity contribution is 0.0965. The van der Waals surface area contributed by atoms with Crippen LogP contribution in [0.5, 0.6) is 0 Å². The molecule has 2 rings (SSSR count). The summed E-state index contributed by atoms with van der Waals surface area (Å²) in [4.78, 5) is 11.2. The summed E-state index contributed by atoms with van der Waals surface area (Å²) in [5.41, 5.74) is 1.87. The van der Waals surface area contributed by atoms with Crippen molar-refractivity contribution in [3.05, 3.63) is 31.3 Å². The molecule has 1 N–H and O–H groups in total. The van der Waals surface area contributed by atoms with Gasteiger partial charge < -0.3 is 5.32 Å². The summed E-state index contributed by atoms with van der Waals surface area (Å²) in [5, 5.41) is 2.78. The predicted molar refractivity (Wildman–Crippen MR) is 58.0 cm³/mol. The average Bonchev–Trinajstić information content (AvgIpc) is 2.33. The van der Waals surface area contributed by atoms with E-state index in [0.717, 1.165) is 19.2 Å². The van der Waals surface area contributed by atoms with Crippen molar-refractivity contribution in [2.75, 3.05) is 0 Å². The van der Waals surface area contributed by atoms with E-state index in [1.807, 2.05) is 12.1 Å². The van der Waals surface area contributed by atoms with Crippen LogP contribution in [-0.4, -0.2) is 5.91 Å². The topological polar surface area (TPSA) is 29.1 Å². The van der Waals surface area contributed by atoms with Crippen LogP contribution in [0.25, 0.3) is 0 Å². The molecule has 0 spiro atoms. The second-order valence-corrected chi connectivity index (χ2v) is 4.70. The van der Waals surface area contributed by atoms with Gasteiger partial charge in [0, 0.05) is 20.2 Å². The maximum absolute atomic E-state index is 11.2. The molecule has 0 saturated heterocycles. The molecule has 2 nitrogen and oxygen atoms in total. The third-order valence-electron chi connectivity index (χ3n) is 1.83. The first-order chi connectivity index (χ1) is 5.68. The number of fused-ring (bicyclic) bond motifs is 1. The highest BCUT2D eigenvalue weighted by Crippen LogP contribution is 2.27. The van der Waals surface area contributed by atoms with Crippen LogP contribution < -0.4 is 5.32 Å². The smallest absolute Gasteiger partial charge is 0.251 e. The lowest BCUT2D eigenvalue weighted by Gasteiger charge is -1.99. The fraction of sp³-hybridized carbons (Fsp3) is 0.125. The molecular weight excluding hydrogens is 333 g/mol. The van der Waals surface area contributed by atoms with E-state index in [4.69, 9.17) is 0 Å². The van der Waals surface area contributed by atoms with Crippen molar-refractivity contribution < 1.29 is 4.79 Å². The Morgan fingerprint density at radius 3 is 3.00 bits per heavy atom. The van der Waals surface area contributed by atoms with Crippen LogP contribution in [0.4, 0.5) is 0 Å². The van der Waals surface area contributed by atoms with Crippen molar-refractivity contribution >= 4 is 44.4 Å². The Labute approximate surface area is 92.0 Å². The standard InChI is InChI=1S/C8H5BrINO/c9-7-2-4(10)1-5-6(7)3-11-8(5)12/h1-2H,3H2,(H,11,12). The molecule has 0 bridgehead atoms. The van der Waals surface area contributed by atoms with Crippen LogP contribution in [0.3, 0.4) is 0 Å². The Hall–Kier alpha value is -0.100. The van der Waals surface area contributed by atoms with Gasteiger partial charge in [0.05, 0.1) is 0 Å². The SMILES string of the molecule is O=C1NCc2c(Br)cc(I)cc21. The number of nitrogens with one attached hydrogen (secondary N) is 1. The number of hydrogen-bond donors (Lipinski definition) is 1. The molecule has 0 unspecified atom stereocenters. The number of benzene rings is 1. The van der Waals surface area contributed by atoms with Crippen LogP contribution in [0.15, 0.2) is 16.6 Å². The first-order valence-electron chi connectivity index (χ1n) is 3.44. The van der Waals surface area contributed by atoms with Gasteiger partial charge in [-0.15, -0.1) is 0 Å². The van der Waals surface area contributed by atoms with Crippen LogP contribution in [0.2, 0.25) is 0 Å². The van der Waals surface area contributed by atoms with Gasteiger partial charge in [-0.2, -0.15) is 0 Å². The second kappa shape index (κ2) is 2.99. The lowest BCUT2D eigenvalue weighted by atomic mass is 10.1. The Balaban J connectivity index is 2.68. The summed E-state index contributed by atoms with van der Waals surface area (Å²) in [5.74, 6) is 0.0317. The Morgan fingerprint density at radius 1 is 1.50 bits per heavy atom. The maximum Gasteiger partial charge on any atom is 0.251 e. The molecule has 0 aromatic heterocycles. The van der Waals surface area contributed by atoms with E-state index in [-0.39, 0.29) is 5.91 Å². The molecule has 0 aliphatic carbocycles. The summed E-state index contributed by atoms with van der Waals surface area (Å²) in [7, 11) is 0. The molecule has 0 fully saturated rings. The van der Waals surface area contributed by atoms with Gasteiger partial charge >= 0.3 is 0 Å². The molecule has 1 amide bonds. The highest BCUT2D eigenvalue weighted by Gasteiger charge is 2.21. The van der Waals surface area contributed by atoms with Crippen LogP contribution >= 0.6 is 38.5 Å². The van der Waals surface area contributed by atoms with Gasteiger partial charge in [-0.3, -0.25) is 4.79 Å². The zero-order valence-corrected chi connectivity index (χ0v) is 9.77. The Morgan fingerprint density at radius 2 is 2.25 bits per heavy atom. The molecular formula is C8H5BrINO. The third-order valence-corrected chi connectivity index (χ3v) is 3.16. The van der Waals surface area contributed by atoms with Crippen molar-refractivity contribution in [2.45, 2.75) is 6.54 Å². The van der Waals surface area contributed by atoms with E-state index in [1.54, 1.807) is 0 Å². The minimum Gasteiger partial charge on any atom is -0.348 e. The number of hydrogen-bond acceptors (Lipinski definition) is 1. The average molecular weight is 338 g/mol. The fourth-order valence-corrected chi connectivity index (χ4v) is 2.90. The largest absolute Gasteiger partial charge is 0.348 e. The molecule has 1 heterocycles. The van der Waals surface area contributed by atoms with Crippen LogP contribution in [0, 0.1) is 3.57 Å². The molecule has 62 valence electrons. The number of carbonyl (C=O) groups excluding carboxylic acids is 1. The van der Waals surface area contributed by atoms with Gasteiger partial charge in [0.2, 0.25) is 0 Å².